The minimum atomic E-state index is 0.253. The average molecular weight is 414 g/mol. The minimum absolute atomic E-state index is 0.253. The molecule has 0 atom stereocenters. The van der Waals surface area contributed by atoms with Crippen LogP contribution in [0.3, 0.4) is 0 Å². The van der Waals surface area contributed by atoms with Crippen LogP contribution in [0.4, 0.5) is 5.13 Å². The normalized spacial score (nSPS) is 18.7. The number of piperazine rings is 1. The first-order valence-corrected chi connectivity index (χ1v) is 11.7. The van der Waals surface area contributed by atoms with E-state index in [2.05, 4.69) is 43.8 Å². The van der Waals surface area contributed by atoms with Crippen molar-refractivity contribution in [1.29, 1.82) is 0 Å². The van der Waals surface area contributed by atoms with Crippen LogP contribution in [-0.2, 0) is 11.2 Å². The first kappa shape index (κ1) is 20.3. The van der Waals surface area contributed by atoms with E-state index in [1.807, 2.05) is 6.07 Å². The molecule has 2 aliphatic rings. The molecular weight excluding hydrogens is 382 g/mol. The Hall–Kier alpha value is -1.99. The van der Waals surface area contributed by atoms with Crippen LogP contribution >= 0.6 is 11.5 Å². The number of aromatic nitrogens is 2. The highest BCUT2D eigenvalue weighted by molar-refractivity contribution is 7.09. The SMILES string of the molecule is O=C(NCCN1CCN(c2nc(Cc3ccccc3)ns2)CC1)C1CCCCC1. The Morgan fingerprint density at radius 1 is 1.07 bits per heavy atom. The van der Waals surface area contributed by atoms with Gasteiger partial charge in [0.15, 0.2) is 0 Å². The molecule has 7 heteroatoms. The van der Waals surface area contributed by atoms with Crippen molar-refractivity contribution in [2.45, 2.75) is 38.5 Å². The lowest BCUT2D eigenvalue weighted by Crippen LogP contribution is -2.48. The molecule has 1 saturated heterocycles. The topological polar surface area (TPSA) is 61.4 Å². The van der Waals surface area contributed by atoms with E-state index in [9.17, 15) is 4.79 Å². The fourth-order valence-corrected chi connectivity index (χ4v) is 4.97. The van der Waals surface area contributed by atoms with Gasteiger partial charge in [-0.3, -0.25) is 9.69 Å². The van der Waals surface area contributed by atoms with Crippen molar-refractivity contribution >= 4 is 22.6 Å². The van der Waals surface area contributed by atoms with Crippen molar-refractivity contribution in [2.24, 2.45) is 5.92 Å². The van der Waals surface area contributed by atoms with Gasteiger partial charge in [-0.25, -0.2) is 4.98 Å². The molecule has 1 amide bonds. The number of carbonyl (C=O) groups excluding carboxylic acids is 1. The van der Waals surface area contributed by atoms with Gasteiger partial charge in [-0.1, -0.05) is 49.6 Å². The van der Waals surface area contributed by atoms with Crippen LogP contribution in [0.25, 0.3) is 0 Å². The Kier molecular flexibility index (Phi) is 7.11. The number of amides is 1. The molecule has 29 heavy (non-hydrogen) atoms. The molecule has 1 N–H and O–H groups in total. The second-order valence-corrected chi connectivity index (χ2v) is 8.84. The number of nitrogens with zero attached hydrogens (tertiary/aromatic N) is 4. The largest absolute Gasteiger partial charge is 0.355 e. The zero-order valence-electron chi connectivity index (χ0n) is 17.1. The van der Waals surface area contributed by atoms with Crippen LogP contribution < -0.4 is 10.2 Å². The summed E-state index contributed by atoms with van der Waals surface area (Å²) in [6, 6.07) is 10.4. The molecule has 1 aromatic carbocycles. The van der Waals surface area contributed by atoms with Gasteiger partial charge in [0.1, 0.15) is 5.82 Å². The zero-order valence-corrected chi connectivity index (χ0v) is 17.9. The van der Waals surface area contributed by atoms with E-state index < -0.39 is 0 Å². The van der Waals surface area contributed by atoms with E-state index >= 15 is 0 Å². The summed E-state index contributed by atoms with van der Waals surface area (Å²) in [7, 11) is 0. The second kappa shape index (κ2) is 10.2. The maximum atomic E-state index is 12.3. The molecule has 0 radical (unpaired) electrons. The zero-order chi connectivity index (χ0) is 19.9. The number of anilines is 1. The van der Waals surface area contributed by atoms with Gasteiger partial charge in [0.2, 0.25) is 11.0 Å². The molecule has 0 unspecified atom stereocenters. The van der Waals surface area contributed by atoms with Gasteiger partial charge in [-0.05, 0) is 18.4 Å². The monoisotopic (exact) mass is 413 g/mol. The first-order chi connectivity index (χ1) is 14.3. The van der Waals surface area contributed by atoms with Crippen molar-refractivity contribution < 1.29 is 4.79 Å². The van der Waals surface area contributed by atoms with Gasteiger partial charge in [0.25, 0.3) is 0 Å². The smallest absolute Gasteiger partial charge is 0.223 e. The van der Waals surface area contributed by atoms with Crippen LogP contribution in [0.5, 0.6) is 0 Å². The molecule has 0 bridgehead atoms. The summed E-state index contributed by atoms with van der Waals surface area (Å²) < 4.78 is 4.55. The van der Waals surface area contributed by atoms with Gasteiger partial charge in [0.05, 0.1) is 0 Å². The molecule has 156 valence electrons. The Balaban J connectivity index is 1.17. The number of benzene rings is 1. The van der Waals surface area contributed by atoms with E-state index in [0.29, 0.717) is 0 Å². The van der Waals surface area contributed by atoms with Crippen LogP contribution in [0.2, 0.25) is 0 Å². The van der Waals surface area contributed by atoms with E-state index in [1.165, 1.54) is 36.4 Å². The van der Waals surface area contributed by atoms with Gasteiger partial charge < -0.3 is 10.2 Å². The molecule has 1 saturated carbocycles. The Morgan fingerprint density at radius 2 is 1.83 bits per heavy atom. The standard InChI is InChI=1S/C22H31N5OS/c28-21(19-9-5-2-6-10-19)23-11-12-26-13-15-27(16-14-26)22-24-20(25-29-22)17-18-7-3-1-4-8-18/h1,3-4,7-8,19H,2,5-6,9-17H2,(H,23,28). The third kappa shape index (κ3) is 5.76. The lowest BCUT2D eigenvalue weighted by molar-refractivity contribution is -0.125. The molecule has 6 nitrogen and oxygen atoms in total. The van der Waals surface area contributed by atoms with E-state index in [-0.39, 0.29) is 11.8 Å². The predicted molar refractivity (Wildman–Crippen MR) is 117 cm³/mol. The molecular formula is C22H31N5OS. The third-order valence-electron chi connectivity index (χ3n) is 6.01. The van der Waals surface area contributed by atoms with Crippen molar-refractivity contribution in [2.75, 3.05) is 44.2 Å². The lowest BCUT2D eigenvalue weighted by atomic mass is 9.89. The summed E-state index contributed by atoms with van der Waals surface area (Å²) in [5.74, 6) is 1.43. The van der Waals surface area contributed by atoms with Crippen molar-refractivity contribution in [3.63, 3.8) is 0 Å². The summed E-state index contributed by atoms with van der Waals surface area (Å²) in [6.45, 7) is 5.64. The van der Waals surface area contributed by atoms with Crippen LogP contribution in [-0.4, -0.2) is 59.4 Å². The summed E-state index contributed by atoms with van der Waals surface area (Å²) in [4.78, 5) is 21.8. The van der Waals surface area contributed by atoms with Gasteiger partial charge in [-0.2, -0.15) is 4.37 Å². The van der Waals surface area contributed by atoms with Crippen molar-refractivity contribution in [1.82, 2.24) is 19.6 Å². The fraction of sp³-hybridized carbons (Fsp3) is 0.591. The predicted octanol–water partition coefficient (Wildman–Crippen LogP) is 2.95. The molecule has 1 aromatic heterocycles. The van der Waals surface area contributed by atoms with Crippen LogP contribution in [0.1, 0.15) is 43.5 Å². The maximum Gasteiger partial charge on any atom is 0.223 e. The van der Waals surface area contributed by atoms with Gasteiger partial charge in [-0.15, -0.1) is 0 Å². The fourth-order valence-electron chi connectivity index (χ4n) is 4.23. The van der Waals surface area contributed by atoms with Gasteiger partial charge in [0, 0.05) is 63.1 Å². The van der Waals surface area contributed by atoms with Crippen molar-refractivity contribution in [3.05, 3.63) is 41.7 Å². The molecule has 1 aliphatic carbocycles. The summed E-state index contributed by atoms with van der Waals surface area (Å²) in [5.41, 5.74) is 1.25. The van der Waals surface area contributed by atoms with Gasteiger partial charge >= 0.3 is 0 Å². The number of hydrogen-bond acceptors (Lipinski definition) is 6. The number of nitrogens with one attached hydrogen (secondary N) is 1. The number of rotatable bonds is 7. The molecule has 1 aliphatic heterocycles. The molecule has 4 rings (SSSR count). The highest BCUT2D eigenvalue weighted by Gasteiger charge is 2.22. The highest BCUT2D eigenvalue weighted by Crippen LogP contribution is 2.23. The molecule has 2 aromatic rings. The van der Waals surface area contributed by atoms with Crippen molar-refractivity contribution in [3.8, 4) is 0 Å². The van der Waals surface area contributed by atoms with Crippen LogP contribution in [0.15, 0.2) is 30.3 Å². The van der Waals surface area contributed by atoms with Crippen LogP contribution in [0, 0.1) is 5.92 Å². The third-order valence-corrected chi connectivity index (χ3v) is 6.82. The summed E-state index contributed by atoms with van der Waals surface area (Å²) in [6.07, 6.45) is 6.63. The average Bonchev–Trinajstić information content (AvgIpc) is 3.24. The van der Waals surface area contributed by atoms with E-state index in [1.54, 1.807) is 0 Å². The summed E-state index contributed by atoms with van der Waals surface area (Å²) >= 11 is 1.50. The Bertz CT molecular complexity index is 767. The molecule has 0 spiro atoms. The first-order valence-electron chi connectivity index (χ1n) is 10.9. The van der Waals surface area contributed by atoms with E-state index in [0.717, 1.165) is 69.5 Å². The second-order valence-electron chi connectivity index (χ2n) is 8.11. The lowest BCUT2D eigenvalue weighted by Gasteiger charge is -2.34. The minimum Gasteiger partial charge on any atom is -0.355 e. The maximum absolute atomic E-state index is 12.3. The van der Waals surface area contributed by atoms with E-state index in [4.69, 9.17) is 4.98 Å². The number of carbonyl (C=O) groups is 1. The Morgan fingerprint density at radius 3 is 2.59 bits per heavy atom. The highest BCUT2D eigenvalue weighted by atomic mass is 32.1. The molecule has 2 heterocycles. The molecule has 2 fully saturated rings. The quantitative estimate of drug-likeness (QED) is 0.756. The summed E-state index contributed by atoms with van der Waals surface area (Å²) in [5, 5.41) is 4.18. The number of hydrogen-bond donors (Lipinski definition) is 1. The Labute approximate surface area is 177 Å².